The summed E-state index contributed by atoms with van der Waals surface area (Å²) in [5.41, 5.74) is 4.54. The number of hydrazone groups is 1. The van der Waals surface area contributed by atoms with Gasteiger partial charge in [-0.3, -0.25) is 4.79 Å². The van der Waals surface area contributed by atoms with Crippen molar-refractivity contribution in [2.24, 2.45) is 11.0 Å². The van der Waals surface area contributed by atoms with Crippen LogP contribution in [-0.2, 0) is 0 Å². The molecule has 0 aliphatic heterocycles. The normalized spacial score (nSPS) is 11.5. The van der Waals surface area contributed by atoms with Crippen molar-refractivity contribution in [3.05, 3.63) is 65.7 Å². The lowest BCUT2D eigenvalue weighted by Crippen LogP contribution is -2.21. The van der Waals surface area contributed by atoms with E-state index in [1.807, 2.05) is 30.3 Å². The highest BCUT2D eigenvalue weighted by Crippen LogP contribution is 2.15. The molecule has 0 radical (unpaired) electrons. The van der Waals surface area contributed by atoms with E-state index in [9.17, 15) is 9.90 Å². The Bertz CT molecular complexity index is 664. The van der Waals surface area contributed by atoms with Crippen LogP contribution in [0.25, 0.3) is 0 Å². The predicted octanol–water partition coefficient (Wildman–Crippen LogP) is 3.57. The van der Waals surface area contributed by atoms with Crippen LogP contribution >= 0.6 is 0 Å². The van der Waals surface area contributed by atoms with Gasteiger partial charge in [0.1, 0.15) is 5.75 Å². The van der Waals surface area contributed by atoms with E-state index in [0.29, 0.717) is 5.92 Å². The van der Waals surface area contributed by atoms with Crippen LogP contribution in [0.5, 0.6) is 5.75 Å². The van der Waals surface area contributed by atoms with Crippen molar-refractivity contribution in [2.75, 3.05) is 0 Å². The van der Waals surface area contributed by atoms with Crippen LogP contribution in [0, 0.1) is 5.92 Å². The van der Waals surface area contributed by atoms with Gasteiger partial charge in [-0.05, 0) is 30.0 Å². The lowest BCUT2D eigenvalue weighted by atomic mass is 10.0. The third-order valence-electron chi connectivity index (χ3n) is 3.15. The van der Waals surface area contributed by atoms with Crippen molar-refractivity contribution < 1.29 is 9.90 Å². The first kappa shape index (κ1) is 15.8. The second-order valence-electron chi connectivity index (χ2n) is 5.48. The minimum atomic E-state index is -0.421. The Morgan fingerprint density at radius 3 is 2.36 bits per heavy atom. The van der Waals surface area contributed by atoms with E-state index in [-0.39, 0.29) is 11.3 Å². The van der Waals surface area contributed by atoms with Gasteiger partial charge in [0.2, 0.25) is 0 Å². The lowest BCUT2D eigenvalue weighted by molar-refractivity contribution is 0.0952. The maximum Gasteiger partial charge on any atom is 0.275 e. The van der Waals surface area contributed by atoms with Crippen molar-refractivity contribution in [3.8, 4) is 5.75 Å². The van der Waals surface area contributed by atoms with Gasteiger partial charge in [-0.1, -0.05) is 56.3 Å². The third kappa shape index (κ3) is 4.19. The van der Waals surface area contributed by atoms with Gasteiger partial charge in [-0.2, -0.15) is 5.10 Å². The molecule has 2 aromatic rings. The zero-order chi connectivity index (χ0) is 15.9. The Labute approximate surface area is 130 Å². The molecule has 0 aromatic heterocycles. The fourth-order valence-electron chi connectivity index (χ4n) is 2.09. The minimum absolute atomic E-state index is 0.0553. The number of carbonyl (C=O) groups excluding carboxylic acids is 1. The van der Waals surface area contributed by atoms with Crippen LogP contribution < -0.4 is 5.43 Å². The summed E-state index contributed by atoms with van der Waals surface area (Å²) in [5.74, 6) is -0.0587. The molecular formula is C18H20N2O2. The molecule has 0 aliphatic carbocycles. The molecule has 4 nitrogen and oxygen atoms in total. The zero-order valence-electron chi connectivity index (χ0n) is 12.8. The number of aromatic hydroxyl groups is 1. The lowest BCUT2D eigenvalue weighted by Gasteiger charge is -2.10. The molecule has 0 bridgehead atoms. The highest BCUT2D eigenvalue weighted by molar-refractivity contribution is 6.02. The average molecular weight is 296 g/mol. The third-order valence-corrected chi connectivity index (χ3v) is 3.15. The van der Waals surface area contributed by atoms with Crippen LogP contribution in [-0.4, -0.2) is 16.7 Å². The fraction of sp³-hybridized carbons (Fsp3) is 0.222. The molecule has 1 amide bonds. The summed E-state index contributed by atoms with van der Waals surface area (Å²) in [6.07, 6.45) is 0.755. The maximum atomic E-state index is 12.1. The molecule has 114 valence electrons. The molecule has 0 aliphatic rings. The van der Waals surface area contributed by atoms with Gasteiger partial charge in [0, 0.05) is 0 Å². The summed E-state index contributed by atoms with van der Waals surface area (Å²) in [6, 6.07) is 16.2. The average Bonchev–Trinajstić information content (AvgIpc) is 2.52. The Hall–Kier alpha value is -2.62. The number of para-hydroxylation sites is 1. The SMILES string of the molecule is CC(C)CC(=NNC(=O)c1ccccc1O)c1ccccc1. The van der Waals surface area contributed by atoms with Gasteiger partial charge in [0.05, 0.1) is 11.3 Å². The molecule has 2 N–H and O–H groups in total. The largest absolute Gasteiger partial charge is 0.507 e. The molecule has 0 unspecified atom stereocenters. The molecule has 0 heterocycles. The molecule has 0 fully saturated rings. The summed E-state index contributed by atoms with van der Waals surface area (Å²) in [6.45, 7) is 4.20. The quantitative estimate of drug-likeness (QED) is 0.654. The Kier molecular flexibility index (Phi) is 5.31. The van der Waals surface area contributed by atoms with Crippen molar-refractivity contribution in [1.29, 1.82) is 0 Å². The summed E-state index contributed by atoms with van der Waals surface area (Å²) in [7, 11) is 0. The number of phenolic OH excluding ortho intramolecular Hbond substituents is 1. The monoisotopic (exact) mass is 296 g/mol. The molecule has 2 aromatic carbocycles. The number of hydrogen-bond acceptors (Lipinski definition) is 3. The molecule has 2 rings (SSSR count). The van der Waals surface area contributed by atoms with Crippen molar-refractivity contribution in [2.45, 2.75) is 20.3 Å². The van der Waals surface area contributed by atoms with Gasteiger partial charge in [0.25, 0.3) is 5.91 Å². The molecule has 0 spiro atoms. The van der Waals surface area contributed by atoms with Gasteiger partial charge in [0.15, 0.2) is 0 Å². The molecule has 4 heteroatoms. The van der Waals surface area contributed by atoms with E-state index in [4.69, 9.17) is 0 Å². The summed E-state index contributed by atoms with van der Waals surface area (Å²) >= 11 is 0. The first-order valence-corrected chi connectivity index (χ1v) is 7.28. The first-order chi connectivity index (χ1) is 10.6. The topological polar surface area (TPSA) is 61.7 Å². The highest BCUT2D eigenvalue weighted by atomic mass is 16.3. The Balaban J connectivity index is 2.20. The first-order valence-electron chi connectivity index (χ1n) is 7.28. The summed E-state index contributed by atoms with van der Waals surface area (Å²) < 4.78 is 0. The van der Waals surface area contributed by atoms with E-state index in [2.05, 4.69) is 24.4 Å². The Morgan fingerprint density at radius 2 is 1.73 bits per heavy atom. The number of hydrogen-bond donors (Lipinski definition) is 2. The van der Waals surface area contributed by atoms with Crippen LogP contribution in [0.4, 0.5) is 0 Å². The molecule has 0 saturated heterocycles. The molecular weight excluding hydrogens is 276 g/mol. The Morgan fingerprint density at radius 1 is 1.09 bits per heavy atom. The van der Waals surface area contributed by atoms with Gasteiger partial charge in [-0.25, -0.2) is 5.43 Å². The number of nitrogens with zero attached hydrogens (tertiary/aromatic N) is 1. The second-order valence-corrected chi connectivity index (χ2v) is 5.48. The fourth-order valence-corrected chi connectivity index (χ4v) is 2.09. The molecule has 0 saturated carbocycles. The van der Waals surface area contributed by atoms with Crippen molar-refractivity contribution in [1.82, 2.24) is 5.43 Å². The van der Waals surface area contributed by atoms with E-state index in [1.165, 1.54) is 6.07 Å². The standard InChI is InChI=1S/C18H20N2O2/c1-13(2)12-16(14-8-4-3-5-9-14)19-20-18(22)15-10-6-7-11-17(15)21/h3-11,13,21H,12H2,1-2H3,(H,20,22). The maximum absolute atomic E-state index is 12.1. The van der Waals surface area contributed by atoms with Crippen LogP contribution in [0.3, 0.4) is 0 Å². The number of carbonyl (C=O) groups is 1. The van der Waals surface area contributed by atoms with E-state index >= 15 is 0 Å². The second kappa shape index (κ2) is 7.41. The predicted molar refractivity (Wildman–Crippen MR) is 88.0 cm³/mol. The number of nitrogens with one attached hydrogen (secondary N) is 1. The minimum Gasteiger partial charge on any atom is -0.507 e. The molecule has 0 atom stereocenters. The zero-order valence-corrected chi connectivity index (χ0v) is 12.8. The van der Waals surface area contributed by atoms with Crippen LogP contribution in [0.1, 0.15) is 36.2 Å². The van der Waals surface area contributed by atoms with Crippen molar-refractivity contribution >= 4 is 11.6 Å². The number of phenols is 1. The van der Waals surface area contributed by atoms with Crippen molar-refractivity contribution in [3.63, 3.8) is 0 Å². The van der Waals surface area contributed by atoms with Gasteiger partial charge >= 0.3 is 0 Å². The van der Waals surface area contributed by atoms with E-state index in [0.717, 1.165) is 17.7 Å². The van der Waals surface area contributed by atoms with Gasteiger partial charge < -0.3 is 5.11 Å². The smallest absolute Gasteiger partial charge is 0.275 e. The number of rotatable bonds is 5. The van der Waals surface area contributed by atoms with Crippen LogP contribution in [0.15, 0.2) is 59.7 Å². The molecule has 22 heavy (non-hydrogen) atoms. The van der Waals surface area contributed by atoms with Gasteiger partial charge in [-0.15, -0.1) is 0 Å². The summed E-state index contributed by atoms with van der Waals surface area (Å²) in [4.78, 5) is 12.1. The number of benzene rings is 2. The highest BCUT2D eigenvalue weighted by Gasteiger charge is 2.11. The van der Waals surface area contributed by atoms with E-state index in [1.54, 1.807) is 18.2 Å². The van der Waals surface area contributed by atoms with Crippen LogP contribution in [0.2, 0.25) is 0 Å². The van der Waals surface area contributed by atoms with E-state index < -0.39 is 5.91 Å². The summed E-state index contributed by atoms with van der Waals surface area (Å²) in [5, 5.41) is 14.0. The number of amides is 1.